The predicted octanol–water partition coefficient (Wildman–Crippen LogP) is 1.67. The van der Waals surface area contributed by atoms with Crippen LogP contribution in [0.15, 0.2) is 33.9 Å². The van der Waals surface area contributed by atoms with Crippen molar-refractivity contribution in [3.63, 3.8) is 0 Å². The zero-order valence-corrected chi connectivity index (χ0v) is 13.9. The molecule has 3 heterocycles. The molecule has 1 saturated heterocycles. The standard InChI is InChI=1S/C15H19N3O4S/c1-11-15(12(2)22-17-11)23(19,20)18-8-5-14(9-18)21-10-13-3-6-16-7-4-13/h3-4,6-7,14H,5,8-10H2,1-2H3. The van der Waals surface area contributed by atoms with Crippen molar-refractivity contribution in [2.75, 3.05) is 13.1 Å². The lowest BCUT2D eigenvalue weighted by molar-refractivity contribution is 0.0508. The van der Waals surface area contributed by atoms with Crippen LogP contribution in [0, 0.1) is 13.8 Å². The Bertz CT molecular complexity index is 754. The zero-order chi connectivity index (χ0) is 16.4. The number of aromatic nitrogens is 2. The highest BCUT2D eigenvalue weighted by Gasteiger charge is 2.36. The van der Waals surface area contributed by atoms with E-state index in [2.05, 4.69) is 10.1 Å². The van der Waals surface area contributed by atoms with Crippen LogP contribution in [0.5, 0.6) is 0 Å². The first-order chi connectivity index (χ1) is 11.0. The van der Waals surface area contributed by atoms with Gasteiger partial charge < -0.3 is 9.26 Å². The summed E-state index contributed by atoms with van der Waals surface area (Å²) in [6.07, 6.45) is 3.98. The van der Waals surface area contributed by atoms with Crippen LogP contribution in [-0.2, 0) is 21.4 Å². The average molecular weight is 337 g/mol. The normalized spacial score (nSPS) is 19.3. The molecule has 2 aromatic rings. The number of ether oxygens (including phenoxy) is 1. The summed E-state index contributed by atoms with van der Waals surface area (Å²) in [5.74, 6) is 0.323. The van der Waals surface area contributed by atoms with E-state index in [9.17, 15) is 8.42 Å². The number of nitrogens with zero attached hydrogens (tertiary/aromatic N) is 3. The number of hydrogen-bond acceptors (Lipinski definition) is 6. The molecule has 0 radical (unpaired) electrons. The van der Waals surface area contributed by atoms with Gasteiger partial charge in [0.2, 0.25) is 10.0 Å². The SMILES string of the molecule is Cc1noc(C)c1S(=O)(=O)N1CCC(OCc2ccncc2)C1. The van der Waals surface area contributed by atoms with Crippen LogP contribution in [0.3, 0.4) is 0 Å². The van der Waals surface area contributed by atoms with E-state index in [-0.39, 0.29) is 11.0 Å². The van der Waals surface area contributed by atoms with Crippen molar-refractivity contribution in [2.45, 2.75) is 37.9 Å². The molecule has 0 amide bonds. The number of hydrogen-bond donors (Lipinski definition) is 0. The van der Waals surface area contributed by atoms with E-state index < -0.39 is 10.0 Å². The van der Waals surface area contributed by atoms with Crippen molar-refractivity contribution in [1.29, 1.82) is 0 Å². The Hall–Kier alpha value is -1.77. The first kappa shape index (κ1) is 16.1. The number of pyridine rings is 1. The molecular formula is C15H19N3O4S. The molecular weight excluding hydrogens is 318 g/mol. The monoisotopic (exact) mass is 337 g/mol. The van der Waals surface area contributed by atoms with Gasteiger partial charge in [-0.3, -0.25) is 4.98 Å². The lowest BCUT2D eigenvalue weighted by Crippen LogP contribution is -2.31. The smallest absolute Gasteiger partial charge is 0.248 e. The minimum atomic E-state index is -3.59. The summed E-state index contributed by atoms with van der Waals surface area (Å²) in [5, 5.41) is 3.73. The molecule has 0 bridgehead atoms. The number of aryl methyl sites for hydroxylation is 2. The van der Waals surface area contributed by atoms with Crippen molar-refractivity contribution in [3.8, 4) is 0 Å². The molecule has 2 aromatic heterocycles. The Labute approximate surface area is 135 Å². The molecule has 3 rings (SSSR count). The maximum atomic E-state index is 12.7. The molecule has 0 aromatic carbocycles. The zero-order valence-electron chi connectivity index (χ0n) is 13.1. The quantitative estimate of drug-likeness (QED) is 0.825. The van der Waals surface area contributed by atoms with E-state index >= 15 is 0 Å². The van der Waals surface area contributed by atoms with Gasteiger partial charge in [0.1, 0.15) is 10.6 Å². The molecule has 8 heteroatoms. The number of rotatable bonds is 5. The summed E-state index contributed by atoms with van der Waals surface area (Å²) < 4.78 is 37.7. The largest absolute Gasteiger partial charge is 0.372 e. The second-order valence-corrected chi connectivity index (χ2v) is 7.47. The van der Waals surface area contributed by atoms with Crippen LogP contribution in [0.2, 0.25) is 0 Å². The Morgan fingerprint density at radius 2 is 2.09 bits per heavy atom. The van der Waals surface area contributed by atoms with Crippen molar-refractivity contribution in [2.24, 2.45) is 0 Å². The van der Waals surface area contributed by atoms with Crippen LogP contribution in [0.25, 0.3) is 0 Å². The van der Waals surface area contributed by atoms with E-state index in [1.165, 1.54) is 4.31 Å². The van der Waals surface area contributed by atoms with Gasteiger partial charge in [0.15, 0.2) is 5.76 Å². The van der Waals surface area contributed by atoms with Gasteiger partial charge in [-0.15, -0.1) is 0 Å². The van der Waals surface area contributed by atoms with Gasteiger partial charge in [-0.2, -0.15) is 4.31 Å². The van der Waals surface area contributed by atoms with Gasteiger partial charge >= 0.3 is 0 Å². The summed E-state index contributed by atoms with van der Waals surface area (Å²) in [6, 6.07) is 3.76. The summed E-state index contributed by atoms with van der Waals surface area (Å²) in [6.45, 7) is 4.48. The van der Waals surface area contributed by atoms with Gasteiger partial charge in [-0.05, 0) is 38.0 Å². The lowest BCUT2D eigenvalue weighted by Gasteiger charge is -2.16. The second-order valence-electron chi connectivity index (χ2n) is 5.59. The Morgan fingerprint density at radius 1 is 1.35 bits per heavy atom. The molecule has 0 N–H and O–H groups in total. The highest BCUT2D eigenvalue weighted by molar-refractivity contribution is 7.89. The van der Waals surface area contributed by atoms with E-state index in [1.807, 2.05) is 12.1 Å². The van der Waals surface area contributed by atoms with Crippen LogP contribution in [-0.4, -0.2) is 42.1 Å². The van der Waals surface area contributed by atoms with Gasteiger partial charge in [0.05, 0.1) is 12.7 Å². The van der Waals surface area contributed by atoms with E-state index in [1.54, 1.807) is 26.2 Å². The summed E-state index contributed by atoms with van der Waals surface area (Å²) >= 11 is 0. The molecule has 1 fully saturated rings. The van der Waals surface area contributed by atoms with Crippen LogP contribution in [0.4, 0.5) is 0 Å². The predicted molar refractivity (Wildman–Crippen MR) is 82.2 cm³/mol. The maximum Gasteiger partial charge on any atom is 0.248 e. The fourth-order valence-electron chi connectivity index (χ4n) is 2.72. The van der Waals surface area contributed by atoms with Crippen LogP contribution < -0.4 is 0 Å². The fraction of sp³-hybridized carbons (Fsp3) is 0.467. The topological polar surface area (TPSA) is 85.5 Å². The summed E-state index contributed by atoms with van der Waals surface area (Å²) in [7, 11) is -3.59. The second kappa shape index (κ2) is 6.38. The third-order valence-corrected chi connectivity index (χ3v) is 6.02. The number of sulfonamides is 1. The molecule has 1 atom stereocenters. The Kier molecular flexibility index (Phi) is 4.47. The van der Waals surface area contributed by atoms with Crippen LogP contribution in [0.1, 0.15) is 23.4 Å². The van der Waals surface area contributed by atoms with Crippen molar-refractivity contribution in [3.05, 3.63) is 41.5 Å². The highest BCUT2D eigenvalue weighted by Crippen LogP contribution is 2.27. The van der Waals surface area contributed by atoms with Gasteiger partial charge in [0.25, 0.3) is 0 Å². The first-order valence-corrected chi connectivity index (χ1v) is 8.86. The summed E-state index contributed by atoms with van der Waals surface area (Å²) in [4.78, 5) is 4.13. The molecule has 7 nitrogen and oxygen atoms in total. The third kappa shape index (κ3) is 3.29. The van der Waals surface area contributed by atoms with Crippen molar-refractivity contribution in [1.82, 2.24) is 14.4 Å². The average Bonchev–Trinajstić information content (AvgIpc) is 3.14. The van der Waals surface area contributed by atoms with E-state index in [0.717, 1.165) is 5.56 Å². The van der Waals surface area contributed by atoms with Crippen molar-refractivity contribution >= 4 is 10.0 Å². The van der Waals surface area contributed by atoms with Gasteiger partial charge in [-0.25, -0.2) is 8.42 Å². The molecule has 1 aliphatic heterocycles. The molecule has 0 saturated carbocycles. The lowest BCUT2D eigenvalue weighted by atomic mass is 10.3. The van der Waals surface area contributed by atoms with E-state index in [0.29, 0.717) is 37.6 Å². The Morgan fingerprint density at radius 3 is 2.74 bits per heavy atom. The minimum Gasteiger partial charge on any atom is -0.372 e. The molecule has 0 aliphatic carbocycles. The van der Waals surface area contributed by atoms with Gasteiger partial charge in [-0.1, -0.05) is 5.16 Å². The first-order valence-electron chi connectivity index (χ1n) is 7.42. The molecule has 0 spiro atoms. The molecule has 1 aliphatic rings. The summed E-state index contributed by atoms with van der Waals surface area (Å²) in [5.41, 5.74) is 1.41. The molecule has 23 heavy (non-hydrogen) atoms. The van der Waals surface area contributed by atoms with Gasteiger partial charge in [0, 0.05) is 25.5 Å². The van der Waals surface area contributed by atoms with Crippen LogP contribution >= 0.6 is 0 Å². The molecule has 124 valence electrons. The fourth-order valence-corrected chi connectivity index (χ4v) is 4.49. The maximum absolute atomic E-state index is 12.7. The molecule has 1 unspecified atom stereocenters. The van der Waals surface area contributed by atoms with E-state index in [4.69, 9.17) is 9.26 Å². The Balaban J connectivity index is 1.65. The van der Waals surface area contributed by atoms with Crippen molar-refractivity contribution < 1.29 is 17.7 Å². The minimum absolute atomic E-state index is 0.113. The highest BCUT2D eigenvalue weighted by atomic mass is 32.2. The third-order valence-electron chi connectivity index (χ3n) is 3.91.